The molecule has 2 nitrogen and oxygen atoms in total. The molecule has 3 rings (SSSR count). The van der Waals surface area contributed by atoms with Gasteiger partial charge in [0.15, 0.2) is 0 Å². The SMILES string of the molecule is FC(F)(F)C1CCC(c2nc3cc(Cl)c(Cl)cc3[nH]2)CC1. The average molecular weight is 337 g/mol. The van der Waals surface area contributed by atoms with E-state index in [1.165, 1.54) is 0 Å². The molecule has 1 aromatic heterocycles. The second-order valence-corrected chi connectivity index (χ2v) is 6.31. The van der Waals surface area contributed by atoms with Gasteiger partial charge in [-0.15, -0.1) is 0 Å². The van der Waals surface area contributed by atoms with Crippen LogP contribution in [0.1, 0.15) is 37.4 Å². The third kappa shape index (κ3) is 2.99. The van der Waals surface area contributed by atoms with Crippen molar-refractivity contribution in [2.45, 2.75) is 37.8 Å². The number of fused-ring (bicyclic) bond motifs is 1. The topological polar surface area (TPSA) is 28.7 Å². The highest BCUT2D eigenvalue weighted by atomic mass is 35.5. The first-order valence-electron chi connectivity index (χ1n) is 6.76. The van der Waals surface area contributed by atoms with Crippen LogP contribution in [0.3, 0.4) is 0 Å². The molecule has 1 heterocycles. The number of halogens is 5. The van der Waals surface area contributed by atoms with Gasteiger partial charge in [-0.05, 0) is 37.8 Å². The molecule has 114 valence electrons. The number of benzene rings is 1. The Kier molecular flexibility index (Phi) is 3.82. The van der Waals surface area contributed by atoms with Crippen LogP contribution in [0.15, 0.2) is 12.1 Å². The molecule has 1 saturated carbocycles. The smallest absolute Gasteiger partial charge is 0.342 e. The predicted molar refractivity (Wildman–Crippen MR) is 76.9 cm³/mol. The number of nitrogens with zero attached hydrogens (tertiary/aromatic N) is 1. The lowest BCUT2D eigenvalue weighted by Gasteiger charge is -2.28. The Labute approximate surface area is 129 Å². The van der Waals surface area contributed by atoms with E-state index in [-0.39, 0.29) is 18.8 Å². The Hall–Kier alpha value is -0.940. The molecule has 0 aliphatic heterocycles. The summed E-state index contributed by atoms with van der Waals surface area (Å²) in [7, 11) is 0. The van der Waals surface area contributed by atoms with Crippen molar-refractivity contribution in [1.29, 1.82) is 0 Å². The van der Waals surface area contributed by atoms with Gasteiger partial charge in [0, 0.05) is 5.92 Å². The zero-order valence-electron chi connectivity index (χ0n) is 11.0. The Morgan fingerprint density at radius 2 is 1.67 bits per heavy atom. The molecule has 0 amide bonds. The van der Waals surface area contributed by atoms with Gasteiger partial charge < -0.3 is 4.98 Å². The number of aromatic nitrogens is 2. The monoisotopic (exact) mass is 336 g/mol. The van der Waals surface area contributed by atoms with Gasteiger partial charge >= 0.3 is 6.18 Å². The number of rotatable bonds is 1. The third-order valence-electron chi connectivity index (χ3n) is 4.12. The molecular formula is C14H13Cl2F3N2. The number of hydrogen-bond donors (Lipinski definition) is 1. The molecule has 0 radical (unpaired) electrons. The van der Waals surface area contributed by atoms with Gasteiger partial charge in [-0.25, -0.2) is 4.98 Å². The maximum atomic E-state index is 12.7. The molecule has 0 saturated heterocycles. The minimum atomic E-state index is -4.08. The molecule has 1 aromatic carbocycles. The summed E-state index contributed by atoms with van der Waals surface area (Å²) in [6.45, 7) is 0. The molecule has 1 N–H and O–H groups in total. The van der Waals surface area contributed by atoms with Crippen molar-refractivity contribution in [3.05, 3.63) is 28.0 Å². The summed E-state index contributed by atoms with van der Waals surface area (Å²) in [6, 6.07) is 3.36. The van der Waals surface area contributed by atoms with Crippen molar-refractivity contribution in [2.75, 3.05) is 0 Å². The molecule has 0 unspecified atom stereocenters. The Morgan fingerprint density at radius 3 is 2.29 bits per heavy atom. The summed E-state index contributed by atoms with van der Waals surface area (Å²) in [5, 5.41) is 0.850. The lowest BCUT2D eigenvalue weighted by molar-refractivity contribution is -0.182. The van der Waals surface area contributed by atoms with E-state index in [2.05, 4.69) is 9.97 Å². The molecule has 0 spiro atoms. The number of aromatic amines is 1. The van der Waals surface area contributed by atoms with E-state index in [1.807, 2.05) is 0 Å². The van der Waals surface area contributed by atoms with Gasteiger partial charge in [-0.2, -0.15) is 13.2 Å². The van der Waals surface area contributed by atoms with Crippen LogP contribution in [0, 0.1) is 5.92 Å². The Bertz CT molecular complexity index is 619. The quantitative estimate of drug-likeness (QED) is 0.710. The van der Waals surface area contributed by atoms with E-state index < -0.39 is 12.1 Å². The molecule has 1 fully saturated rings. The highest BCUT2D eigenvalue weighted by Gasteiger charge is 2.41. The molecule has 1 aliphatic carbocycles. The Balaban J connectivity index is 1.79. The van der Waals surface area contributed by atoms with Crippen LogP contribution in [-0.2, 0) is 0 Å². The van der Waals surface area contributed by atoms with Crippen LogP contribution in [0.4, 0.5) is 13.2 Å². The summed E-state index contributed by atoms with van der Waals surface area (Å²) in [5.74, 6) is -0.417. The summed E-state index contributed by atoms with van der Waals surface area (Å²) < 4.78 is 38.0. The molecule has 0 atom stereocenters. The second-order valence-electron chi connectivity index (χ2n) is 5.50. The van der Waals surface area contributed by atoms with Crippen LogP contribution < -0.4 is 0 Å². The average Bonchev–Trinajstić information content (AvgIpc) is 2.81. The van der Waals surface area contributed by atoms with Gasteiger partial charge in [0.05, 0.1) is 27.0 Å². The highest BCUT2D eigenvalue weighted by molar-refractivity contribution is 6.42. The largest absolute Gasteiger partial charge is 0.391 e. The lowest BCUT2D eigenvalue weighted by Crippen LogP contribution is -2.27. The van der Waals surface area contributed by atoms with E-state index >= 15 is 0 Å². The molecule has 7 heteroatoms. The van der Waals surface area contributed by atoms with Crippen LogP contribution in [0.25, 0.3) is 11.0 Å². The molecule has 21 heavy (non-hydrogen) atoms. The zero-order chi connectivity index (χ0) is 15.2. The van der Waals surface area contributed by atoms with E-state index in [9.17, 15) is 13.2 Å². The van der Waals surface area contributed by atoms with Crippen molar-refractivity contribution >= 4 is 34.2 Å². The fourth-order valence-electron chi connectivity index (χ4n) is 2.91. The van der Waals surface area contributed by atoms with Gasteiger partial charge in [-0.1, -0.05) is 23.2 Å². The summed E-state index contributed by atoms with van der Waals surface area (Å²) in [6.07, 6.45) is -2.78. The normalized spacial score (nSPS) is 23.7. The van der Waals surface area contributed by atoms with Crippen LogP contribution in [0.2, 0.25) is 10.0 Å². The number of nitrogens with one attached hydrogen (secondary N) is 1. The number of alkyl halides is 3. The third-order valence-corrected chi connectivity index (χ3v) is 4.84. The van der Waals surface area contributed by atoms with Crippen molar-refractivity contribution in [2.24, 2.45) is 5.92 Å². The van der Waals surface area contributed by atoms with Gasteiger partial charge in [0.2, 0.25) is 0 Å². The zero-order valence-corrected chi connectivity index (χ0v) is 12.5. The van der Waals surface area contributed by atoms with E-state index in [1.54, 1.807) is 12.1 Å². The Morgan fingerprint density at radius 1 is 1.05 bits per heavy atom. The minimum absolute atomic E-state index is 0.0357. The van der Waals surface area contributed by atoms with Gasteiger partial charge in [-0.3, -0.25) is 0 Å². The minimum Gasteiger partial charge on any atom is -0.342 e. The van der Waals surface area contributed by atoms with E-state index in [0.717, 1.165) is 11.3 Å². The van der Waals surface area contributed by atoms with Crippen molar-refractivity contribution in [1.82, 2.24) is 9.97 Å². The summed E-state index contributed by atoms with van der Waals surface area (Å²) in [4.78, 5) is 7.60. The second kappa shape index (κ2) is 5.36. The lowest BCUT2D eigenvalue weighted by atomic mass is 9.81. The van der Waals surface area contributed by atoms with Crippen molar-refractivity contribution in [3.63, 3.8) is 0 Å². The first kappa shape index (κ1) is 15.0. The molecule has 1 aliphatic rings. The number of hydrogen-bond acceptors (Lipinski definition) is 1. The van der Waals surface area contributed by atoms with E-state index in [4.69, 9.17) is 23.2 Å². The maximum Gasteiger partial charge on any atom is 0.391 e. The van der Waals surface area contributed by atoms with Crippen LogP contribution in [0.5, 0.6) is 0 Å². The number of H-pyrrole nitrogens is 1. The van der Waals surface area contributed by atoms with Crippen molar-refractivity contribution in [3.8, 4) is 0 Å². The van der Waals surface area contributed by atoms with E-state index in [0.29, 0.717) is 28.4 Å². The highest BCUT2D eigenvalue weighted by Crippen LogP contribution is 2.42. The standard InChI is InChI=1S/C14H13Cl2F3N2/c15-9-5-11-12(6-10(9)16)21-13(20-11)7-1-3-8(4-2-7)14(17,18)19/h5-8H,1-4H2,(H,20,21). The fourth-order valence-corrected chi connectivity index (χ4v) is 3.23. The fraction of sp³-hybridized carbons (Fsp3) is 0.500. The summed E-state index contributed by atoms with van der Waals surface area (Å²) >= 11 is 11.9. The van der Waals surface area contributed by atoms with Gasteiger partial charge in [0.25, 0.3) is 0 Å². The van der Waals surface area contributed by atoms with Crippen LogP contribution in [-0.4, -0.2) is 16.1 Å². The summed E-state index contributed by atoms with van der Waals surface area (Å²) in [5.41, 5.74) is 1.45. The first-order chi connectivity index (χ1) is 9.84. The first-order valence-corrected chi connectivity index (χ1v) is 7.51. The van der Waals surface area contributed by atoms with Gasteiger partial charge in [0.1, 0.15) is 5.82 Å². The van der Waals surface area contributed by atoms with Crippen molar-refractivity contribution < 1.29 is 13.2 Å². The molecule has 0 bridgehead atoms. The van der Waals surface area contributed by atoms with Crippen LogP contribution >= 0.6 is 23.2 Å². The number of imidazole rings is 1. The maximum absolute atomic E-state index is 12.7. The molecule has 2 aromatic rings. The molecular weight excluding hydrogens is 324 g/mol. The predicted octanol–water partition coefficient (Wildman–Crippen LogP) is 5.71.